The molecule has 2 aromatic heterocycles. The molecule has 0 aromatic carbocycles. The predicted octanol–water partition coefficient (Wildman–Crippen LogP) is 0.380. The monoisotopic (exact) mass is 373 g/mol. The standard InChI is InChI=1S/C15H19N5O2.2ClH/c16-10-3-5-18(6-4-10)8-11-9-19-13(21)2-1-12-15(19)20(11)14(22)7-17-12;;/h1-2,7,10-11H,3-6,8-9,16H2;2*1H/t11-;;/m1../s1. The van der Waals surface area contributed by atoms with Crippen LogP contribution in [0, 0.1) is 0 Å². The normalized spacial score (nSPS) is 20.6. The van der Waals surface area contributed by atoms with Gasteiger partial charge in [-0.25, -0.2) is 4.98 Å². The number of pyridine rings is 1. The zero-order valence-electron chi connectivity index (χ0n) is 13.1. The Morgan fingerprint density at radius 2 is 1.83 bits per heavy atom. The maximum atomic E-state index is 12.3. The van der Waals surface area contributed by atoms with Crippen LogP contribution in [0.1, 0.15) is 18.9 Å². The average molecular weight is 374 g/mol. The molecular formula is C15H21Cl2N5O2. The Labute approximate surface area is 151 Å². The highest BCUT2D eigenvalue weighted by molar-refractivity contribution is 5.85. The number of nitrogens with zero attached hydrogens (tertiary/aromatic N) is 4. The topological polar surface area (TPSA) is 86.2 Å². The third-order valence-corrected chi connectivity index (χ3v) is 4.77. The molecule has 24 heavy (non-hydrogen) atoms. The number of piperidine rings is 1. The van der Waals surface area contributed by atoms with Crippen molar-refractivity contribution in [1.29, 1.82) is 0 Å². The molecule has 2 aliphatic rings. The highest BCUT2D eigenvalue weighted by Crippen LogP contribution is 2.23. The second-order valence-corrected chi connectivity index (χ2v) is 6.25. The fourth-order valence-corrected chi connectivity index (χ4v) is 3.60. The second-order valence-electron chi connectivity index (χ2n) is 6.25. The molecule has 0 bridgehead atoms. The molecule has 0 saturated carbocycles. The van der Waals surface area contributed by atoms with Crippen LogP contribution in [-0.2, 0) is 6.54 Å². The van der Waals surface area contributed by atoms with E-state index in [1.165, 1.54) is 12.3 Å². The van der Waals surface area contributed by atoms with E-state index in [-0.39, 0.29) is 48.0 Å². The lowest BCUT2D eigenvalue weighted by Crippen LogP contribution is -2.43. The molecule has 2 aromatic rings. The van der Waals surface area contributed by atoms with E-state index >= 15 is 0 Å². The molecule has 2 aliphatic heterocycles. The molecule has 132 valence electrons. The van der Waals surface area contributed by atoms with E-state index in [1.54, 1.807) is 15.2 Å². The summed E-state index contributed by atoms with van der Waals surface area (Å²) < 4.78 is 3.41. The molecule has 1 atom stereocenters. The predicted molar refractivity (Wildman–Crippen MR) is 97.4 cm³/mol. The van der Waals surface area contributed by atoms with E-state index in [2.05, 4.69) is 9.88 Å². The summed E-state index contributed by atoms with van der Waals surface area (Å²) in [5.41, 5.74) is 7.08. The Morgan fingerprint density at radius 3 is 2.54 bits per heavy atom. The van der Waals surface area contributed by atoms with Crippen LogP contribution in [0.3, 0.4) is 0 Å². The van der Waals surface area contributed by atoms with Crippen molar-refractivity contribution in [1.82, 2.24) is 19.0 Å². The summed E-state index contributed by atoms with van der Waals surface area (Å²) in [4.78, 5) is 30.8. The van der Waals surface area contributed by atoms with Gasteiger partial charge < -0.3 is 10.6 Å². The van der Waals surface area contributed by atoms with Crippen molar-refractivity contribution in [3.8, 4) is 0 Å². The molecule has 1 saturated heterocycles. The van der Waals surface area contributed by atoms with Crippen molar-refractivity contribution in [2.45, 2.75) is 31.5 Å². The van der Waals surface area contributed by atoms with Gasteiger partial charge in [0.05, 0.1) is 12.2 Å². The Hall–Kier alpha value is -1.41. The lowest BCUT2D eigenvalue weighted by molar-refractivity contribution is 0.183. The van der Waals surface area contributed by atoms with Gasteiger partial charge in [-0.1, -0.05) is 0 Å². The van der Waals surface area contributed by atoms with Crippen molar-refractivity contribution < 1.29 is 0 Å². The van der Waals surface area contributed by atoms with Gasteiger partial charge in [-0.3, -0.25) is 18.7 Å². The van der Waals surface area contributed by atoms with Crippen molar-refractivity contribution in [2.24, 2.45) is 5.73 Å². The molecule has 4 rings (SSSR count). The lowest BCUT2D eigenvalue weighted by atomic mass is 10.1. The SMILES string of the molecule is Cl.Cl.NC1CCN(C[C@@H]2Cn3c(=O)ccc4ncc(=O)n2c43)CC1. The molecule has 1 fully saturated rings. The van der Waals surface area contributed by atoms with Crippen LogP contribution >= 0.6 is 24.8 Å². The van der Waals surface area contributed by atoms with Crippen LogP contribution in [0.25, 0.3) is 11.2 Å². The fraction of sp³-hybridized carbons (Fsp3) is 0.533. The first-order chi connectivity index (χ1) is 10.6. The van der Waals surface area contributed by atoms with Crippen molar-refractivity contribution >= 4 is 36.0 Å². The number of hydrogen-bond donors (Lipinski definition) is 1. The smallest absolute Gasteiger partial charge is 0.270 e. The molecule has 0 spiro atoms. The average Bonchev–Trinajstić information content (AvgIpc) is 2.89. The number of halogens is 2. The highest BCUT2D eigenvalue weighted by atomic mass is 35.5. The summed E-state index contributed by atoms with van der Waals surface area (Å²) in [5, 5.41) is 0. The van der Waals surface area contributed by atoms with Crippen LogP contribution in [-0.4, -0.2) is 44.7 Å². The van der Waals surface area contributed by atoms with Gasteiger partial charge in [-0.15, -0.1) is 24.8 Å². The lowest BCUT2D eigenvalue weighted by Gasteiger charge is -2.32. The Morgan fingerprint density at radius 1 is 1.12 bits per heavy atom. The third-order valence-electron chi connectivity index (χ3n) is 4.77. The van der Waals surface area contributed by atoms with Gasteiger partial charge in [-0.2, -0.15) is 0 Å². The summed E-state index contributed by atoms with van der Waals surface area (Å²) in [6, 6.07) is 3.48. The summed E-state index contributed by atoms with van der Waals surface area (Å²) in [7, 11) is 0. The van der Waals surface area contributed by atoms with E-state index in [4.69, 9.17) is 5.73 Å². The van der Waals surface area contributed by atoms with Crippen LogP contribution in [0.5, 0.6) is 0 Å². The highest BCUT2D eigenvalue weighted by Gasteiger charge is 2.29. The number of hydrogen-bond acceptors (Lipinski definition) is 5. The maximum Gasteiger partial charge on any atom is 0.270 e. The summed E-state index contributed by atoms with van der Waals surface area (Å²) in [6.07, 6.45) is 3.32. The summed E-state index contributed by atoms with van der Waals surface area (Å²) >= 11 is 0. The number of rotatable bonds is 2. The van der Waals surface area contributed by atoms with E-state index in [1.807, 2.05) is 0 Å². The van der Waals surface area contributed by atoms with Crippen LogP contribution in [0.4, 0.5) is 0 Å². The Balaban J connectivity index is 0.00000104. The molecule has 0 aliphatic carbocycles. The van der Waals surface area contributed by atoms with Crippen LogP contribution < -0.4 is 16.9 Å². The number of nitrogens with two attached hydrogens (primary N) is 1. The van der Waals surface area contributed by atoms with Crippen LogP contribution in [0.15, 0.2) is 27.9 Å². The molecule has 0 amide bonds. The van der Waals surface area contributed by atoms with Crippen molar-refractivity contribution in [3.63, 3.8) is 0 Å². The van der Waals surface area contributed by atoms with Gasteiger partial charge in [0.15, 0.2) is 0 Å². The van der Waals surface area contributed by atoms with Gasteiger partial charge in [0.2, 0.25) is 0 Å². The first kappa shape index (κ1) is 18.9. The third kappa shape index (κ3) is 3.09. The minimum Gasteiger partial charge on any atom is -0.328 e. The zero-order valence-corrected chi connectivity index (χ0v) is 14.8. The minimum atomic E-state index is -0.136. The second kappa shape index (κ2) is 7.23. The molecule has 2 N–H and O–H groups in total. The zero-order chi connectivity index (χ0) is 15.3. The van der Waals surface area contributed by atoms with Gasteiger partial charge >= 0.3 is 0 Å². The van der Waals surface area contributed by atoms with E-state index in [0.29, 0.717) is 17.7 Å². The number of likely N-dealkylation sites (tertiary alicyclic amines) is 1. The Bertz CT molecular complexity index is 837. The summed E-state index contributed by atoms with van der Waals surface area (Å²) in [6.45, 7) is 3.21. The quantitative estimate of drug-likeness (QED) is 0.822. The van der Waals surface area contributed by atoms with E-state index < -0.39 is 0 Å². The molecular weight excluding hydrogens is 353 g/mol. The first-order valence-electron chi connectivity index (χ1n) is 7.72. The van der Waals surface area contributed by atoms with Crippen molar-refractivity contribution in [3.05, 3.63) is 39.0 Å². The van der Waals surface area contributed by atoms with E-state index in [9.17, 15) is 9.59 Å². The van der Waals surface area contributed by atoms with Crippen LogP contribution in [0.2, 0.25) is 0 Å². The van der Waals surface area contributed by atoms with Gasteiger partial charge in [0.25, 0.3) is 11.1 Å². The van der Waals surface area contributed by atoms with Gasteiger partial charge in [0.1, 0.15) is 11.2 Å². The number of aromatic nitrogens is 3. The van der Waals surface area contributed by atoms with E-state index in [0.717, 1.165) is 32.5 Å². The molecule has 0 unspecified atom stereocenters. The van der Waals surface area contributed by atoms with Gasteiger partial charge in [0, 0.05) is 25.2 Å². The maximum absolute atomic E-state index is 12.3. The molecule has 9 heteroatoms. The van der Waals surface area contributed by atoms with Gasteiger partial charge in [-0.05, 0) is 32.0 Å². The summed E-state index contributed by atoms with van der Waals surface area (Å²) in [5.74, 6) is 0. The molecule has 7 nitrogen and oxygen atoms in total. The Kier molecular flexibility index (Phi) is 5.70. The fourth-order valence-electron chi connectivity index (χ4n) is 3.60. The first-order valence-corrected chi connectivity index (χ1v) is 7.72. The largest absolute Gasteiger partial charge is 0.328 e. The van der Waals surface area contributed by atoms with Crippen molar-refractivity contribution in [2.75, 3.05) is 19.6 Å². The minimum absolute atomic E-state index is 0. The molecule has 4 heterocycles. The molecule has 0 radical (unpaired) electrons.